The zero-order chi connectivity index (χ0) is 14.9. The SMILES string of the molecule is COc1cc(Nc2c(C)cc(Br)cc2C)c(N)cc1F. The minimum Gasteiger partial charge on any atom is -0.494 e. The molecule has 2 aromatic rings. The second-order valence-corrected chi connectivity index (χ2v) is 5.53. The number of anilines is 3. The number of nitrogens with two attached hydrogens (primary N) is 1. The summed E-state index contributed by atoms with van der Waals surface area (Å²) in [6, 6.07) is 6.83. The van der Waals surface area contributed by atoms with Gasteiger partial charge in [0.2, 0.25) is 0 Å². The first-order chi connectivity index (χ1) is 9.42. The Morgan fingerprint density at radius 2 is 1.75 bits per heavy atom. The van der Waals surface area contributed by atoms with Crippen LogP contribution in [-0.4, -0.2) is 7.11 Å². The van der Waals surface area contributed by atoms with Crippen LogP contribution in [0.4, 0.5) is 21.5 Å². The van der Waals surface area contributed by atoms with Gasteiger partial charge in [-0.05, 0) is 37.1 Å². The fourth-order valence-electron chi connectivity index (χ4n) is 2.08. The molecule has 2 rings (SSSR count). The summed E-state index contributed by atoms with van der Waals surface area (Å²) in [5.74, 6) is -0.311. The van der Waals surface area contributed by atoms with Gasteiger partial charge in [-0.1, -0.05) is 15.9 Å². The third kappa shape index (κ3) is 2.88. The molecular formula is C15H16BrFN2O. The van der Waals surface area contributed by atoms with E-state index in [-0.39, 0.29) is 5.75 Å². The maximum Gasteiger partial charge on any atom is 0.167 e. The molecule has 0 saturated heterocycles. The van der Waals surface area contributed by atoms with Crippen molar-refractivity contribution < 1.29 is 9.13 Å². The van der Waals surface area contributed by atoms with Crippen LogP contribution in [0.5, 0.6) is 5.75 Å². The average molecular weight is 339 g/mol. The lowest BCUT2D eigenvalue weighted by Gasteiger charge is -2.16. The van der Waals surface area contributed by atoms with Crippen LogP contribution < -0.4 is 15.8 Å². The van der Waals surface area contributed by atoms with Crippen molar-refractivity contribution in [1.29, 1.82) is 0 Å². The number of hydrogen-bond donors (Lipinski definition) is 2. The van der Waals surface area contributed by atoms with E-state index in [1.54, 1.807) is 6.07 Å². The standard InChI is InChI=1S/C15H16BrFN2O/c1-8-4-10(16)5-9(2)15(8)19-13-7-14(20-3)11(17)6-12(13)18/h4-7,19H,18H2,1-3H3. The smallest absolute Gasteiger partial charge is 0.167 e. The molecule has 0 saturated carbocycles. The van der Waals surface area contributed by atoms with Crippen molar-refractivity contribution >= 4 is 33.0 Å². The number of hydrogen-bond acceptors (Lipinski definition) is 3. The minimum absolute atomic E-state index is 0.161. The van der Waals surface area contributed by atoms with Crippen molar-refractivity contribution in [2.45, 2.75) is 13.8 Å². The van der Waals surface area contributed by atoms with Crippen LogP contribution in [0.15, 0.2) is 28.7 Å². The number of benzene rings is 2. The van der Waals surface area contributed by atoms with Gasteiger partial charge in [-0.3, -0.25) is 0 Å². The van der Waals surface area contributed by atoms with E-state index < -0.39 is 5.82 Å². The van der Waals surface area contributed by atoms with Crippen molar-refractivity contribution in [3.63, 3.8) is 0 Å². The second-order valence-electron chi connectivity index (χ2n) is 4.61. The first kappa shape index (κ1) is 14.7. The van der Waals surface area contributed by atoms with Crippen molar-refractivity contribution in [3.05, 3.63) is 45.7 Å². The Bertz CT molecular complexity index is 636. The Balaban J connectivity index is 2.45. The third-order valence-electron chi connectivity index (χ3n) is 3.08. The van der Waals surface area contributed by atoms with Crippen LogP contribution in [0, 0.1) is 19.7 Å². The molecule has 20 heavy (non-hydrogen) atoms. The molecule has 106 valence electrons. The van der Waals surface area contributed by atoms with Gasteiger partial charge in [0.1, 0.15) is 0 Å². The molecule has 2 aromatic carbocycles. The monoisotopic (exact) mass is 338 g/mol. The van der Waals surface area contributed by atoms with Crippen LogP contribution >= 0.6 is 15.9 Å². The number of nitrogen functional groups attached to an aromatic ring is 1. The summed E-state index contributed by atoms with van der Waals surface area (Å²) in [7, 11) is 1.43. The predicted molar refractivity (Wildman–Crippen MR) is 84.3 cm³/mol. The molecule has 0 heterocycles. The molecule has 0 aliphatic heterocycles. The average Bonchev–Trinajstić information content (AvgIpc) is 2.35. The van der Waals surface area contributed by atoms with E-state index in [9.17, 15) is 4.39 Å². The molecular weight excluding hydrogens is 323 g/mol. The highest BCUT2D eigenvalue weighted by Gasteiger charge is 2.11. The Morgan fingerprint density at radius 1 is 1.15 bits per heavy atom. The molecule has 0 atom stereocenters. The maximum atomic E-state index is 13.5. The molecule has 3 nitrogen and oxygen atoms in total. The first-order valence-electron chi connectivity index (χ1n) is 6.09. The number of aryl methyl sites for hydroxylation is 2. The molecule has 0 radical (unpaired) electrons. The van der Waals surface area contributed by atoms with Crippen molar-refractivity contribution in [2.24, 2.45) is 0 Å². The van der Waals surface area contributed by atoms with Crippen LogP contribution in [0.3, 0.4) is 0 Å². The van der Waals surface area contributed by atoms with E-state index in [2.05, 4.69) is 21.2 Å². The zero-order valence-electron chi connectivity index (χ0n) is 11.6. The number of nitrogens with one attached hydrogen (secondary N) is 1. The topological polar surface area (TPSA) is 47.3 Å². The van der Waals surface area contributed by atoms with Gasteiger partial charge in [-0.2, -0.15) is 0 Å². The van der Waals surface area contributed by atoms with E-state index in [4.69, 9.17) is 10.5 Å². The fourth-order valence-corrected chi connectivity index (χ4v) is 2.76. The lowest BCUT2D eigenvalue weighted by molar-refractivity contribution is 0.387. The van der Waals surface area contributed by atoms with Gasteiger partial charge < -0.3 is 15.8 Å². The lowest BCUT2D eigenvalue weighted by Crippen LogP contribution is -2.02. The summed E-state index contributed by atoms with van der Waals surface area (Å²) in [6.07, 6.45) is 0. The quantitative estimate of drug-likeness (QED) is 0.807. The highest BCUT2D eigenvalue weighted by atomic mass is 79.9. The van der Waals surface area contributed by atoms with Gasteiger partial charge in [0, 0.05) is 22.3 Å². The Labute approximate surface area is 126 Å². The van der Waals surface area contributed by atoms with Crippen LogP contribution in [0.2, 0.25) is 0 Å². The van der Waals surface area contributed by atoms with Crippen molar-refractivity contribution in [1.82, 2.24) is 0 Å². The summed E-state index contributed by atoms with van der Waals surface area (Å²) in [5, 5.41) is 3.25. The lowest BCUT2D eigenvalue weighted by atomic mass is 10.1. The zero-order valence-corrected chi connectivity index (χ0v) is 13.1. The van der Waals surface area contributed by atoms with Crippen LogP contribution in [-0.2, 0) is 0 Å². The van der Waals surface area contributed by atoms with Gasteiger partial charge in [0.15, 0.2) is 11.6 Å². The summed E-state index contributed by atoms with van der Waals surface area (Å²) >= 11 is 3.46. The van der Waals surface area contributed by atoms with E-state index in [0.717, 1.165) is 21.3 Å². The van der Waals surface area contributed by atoms with Gasteiger partial charge in [-0.25, -0.2) is 4.39 Å². The maximum absolute atomic E-state index is 13.5. The van der Waals surface area contributed by atoms with E-state index in [1.807, 2.05) is 26.0 Å². The predicted octanol–water partition coefficient (Wildman–Crippen LogP) is 4.54. The molecule has 0 amide bonds. The van der Waals surface area contributed by atoms with Crippen molar-refractivity contribution in [2.75, 3.05) is 18.2 Å². The van der Waals surface area contributed by atoms with Crippen molar-refractivity contribution in [3.8, 4) is 5.75 Å². The minimum atomic E-state index is -0.472. The highest BCUT2D eigenvalue weighted by Crippen LogP contribution is 2.33. The van der Waals surface area contributed by atoms with E-state index in [1.165, 1.54) is 13.2 Å². The molecule has 3 N–H and O–H groups in total. The molecule has 0 aliphatic rings. The molecule has 0 bridgehead atoms. The Morgan fingerprint density at radius 3 is 2.30 bits per heavy atom. The largest absolute Gasteiger partial charge is 0.494 e. The van der Waals surface area contributed by atoms with E-state index >= 15 is 0 Å². The molecule has 0 aliphatic carbocycles. The number of ether oxygens (including phenoxy) is 1. The number of rotatable bonds is 3. The summed E-state index contributed by atoms with van der Waals surface area (Å²) < 4.78 is 19.5. The number of halogens is 2. The van der Waals surface area contributed by atoms with Gasteiger partial charge in [0.05, 0.1) is 18.5 Å². The van der Waals surface area contributed by atoms with Crippen LogP contribution in [0.1, 0.15) is 11.1 Å². The molecule has 0 fully saturated rings. The fraction of sp³-hybridized carbons (Fsp3) is 0.200. The molecule has 0 spiro atoms. The normalized spacial score (nSPS) is 10.4. The first-order valence-corrected chi connectivity index (χ1v) is 6.88. The molecule has 5 heteroatoms. The third-order valence-corrected chi connectivity index (χ3v) is 3.54. The summed E-state index contributed by atoms with van der Waals surface area (Å²) in [5.41, 5.74) is 9.91. The van der Waals surface area contributed by atoms with E-state index in [0.29, 0.717) is 11.4 Å². The summed E-state index contributed by atoms with van der Waals surface area (Å²) in [6.45, 7) is 3.99. The second kappa shape index (κ2) is 5.71. The highest BCUT2D eigenvalue weighted by molar-refractivity contribution is 9.10. The number of methoxy groups -OCH3 is 1. The molecule has 0 aromatic heterocycles. The van der Waals surface area contributed by atoms with Crippen LogP contribution in [0.25, 0.3) is 0 Å². The summed E-state index contributed by atoms with van der Waals surface area (Å²) in [4.78, 5) is 0. The Kier molecular flexibility index (Phi) is 4.18. The Hall–Kier alpha value is -1.75. The van der Waals surface area contributed by atoms with Gasteiger partial charge in [-0.15, -0.1) is 0 Å². The van der Waals surface area contributed by atoms with Gasteiger partial charge in [0.25, 0.3) is 0 Å². The molecule has 0 unspecified atom stereocenters. The van der Waals surface area contributed by atoms with Gasteiger partial charge >= 0.3 is 0 Å².